The third kappa shape index (κ3) is 8.59. The molecule has 0 fully saturated rings. The molecule has 0 aliphatic carbocycles. The maximum Gasteiger partial charge on any atom is 0.335 e. The maximum atomic E-state index is 14.6. The van der Waals surface area contributed by atoms with Crippen LogP contribution in [0.4, 0.5) is 17.6 Å². The molecule has 0 bridgehead atoms. The van der Waals surface area contributed by atoms with Gasteiger partial charge in [0.1, 0.15) is 11.6 Å². The van der Waals surface area contributed by atoms with Crippen LogP contribution in [0, 0.1) is 35.1 Å². The summed E-state index contributed by atoms with van der Waals surface area (Å²) in [5, 5.41) is 9.09. The monoisotopic (exact) mass is 658 g/mol. The molecule has 45 heavy (non-hydrogen) atoms. The van der Waals surface area contributed by atoms with Crippen LogP contribution in [0.3, 0.4) is 0 Å². The molecule has 0 saturated carbocycles. The topological polar surface area (TPSA) is 37.3 Å². The molecule has 0 saturated heterocycles. The smallest absolute Gasteiger partial charge is 0.335 e. The van der Waals surface area contributed by atoms with Crippen molar-refractivity contribution in [2.45, 2.75) is 70.4 Å². The molecule has 0 radical (unpaired) electrons. The number of rotatable bonds is 12. The number of halogens is 4. The van der Waals surface area contributed by atoms with Crippen LogP contribution in [0.1, 0.15) is 81.4 Å². The lowest BCUT2D eigenvalue weighted by Gasteiger charge is -2.37. The van der Waals surface area contributed by atoms with Crippen molar-refractivity contribution in [1.82, 2.24) is 0 Å². The third-order valence-corrected chi connectivity index (χ3v) is 11.2. The Balaban J connectivity index is 2.01. The first kappa shape index (κ1) is 36.4. The fourth-order valence-corrected chi connectivity index (χ4v) is 7.08. The summed E-state index contributed by atoms with van der Waals surface area (Å²) in [6, 6.07) is 14.2. The van der Waals surface area contributed by atoms with Crippen molar-refractivity contribution in [3.63, 3.8) is 0 Å². The highest BCUT2D eigenvalue weighted by Crippen LogP contribution is 2.43. The lowest BCUT2D eigenvalue weighted by atomic mass is 9.68. The summed E-state index contributed by atoms with van der Waals surface area (Å²) in [6.07, 6.45) is 4.30. The van der Waals surface area contributed by atoms with Crippen LogP contribution in [-0.4, -0.2) is 23.2 Å². The zero-order chi connectivity index (χ0) is 33.8. The molecule has 2 nitrogen and oxygen atoms in total. The predicted molar refractivity (Wildman–Crippen MR) is 183 cm³/mol. The summed E-state index contributed by atoms with van der Waals surface area (Å²) < 4.78 is 57.1. The Morgan fingerprint density at radius 1 is 0.933 bits per heavy atom. The number of allylic oxidation sites excluding steroid dienone is 4. The molecular weight excluding hydrogens is 617 g/mol. The van der Waals surface area contributed by atoms with Crippen LogP contribution < -0.4 is 0 Å². The Bertz CT molecular complexity index is 1620. The van der Waals surface area contributed by atoms with Crippen LogP contribution in [0.25, 0.3) is 0 Å². The van der Waals surface area contributed by atoms with Crippen molar-refractivity contribution in [1.29, 1.82) is 0 Å². The van der Waals surface area contributed by atoms with E-state index >= 15 is 0 Å². The first-order valence-electron chi connectivity index (χ1n) is 14.7. The predicted octanol–water partition coefficient (Wildman–Crippen LogP) is 11.1. The second-order valence-electron chi connectivity index (χ2n) is 12.2. The molecule has 3 aromatic rings. The molecule has 4 unspecified atom stereocenters. The normalized spacial score (nSPS) is 15.7. The van der Waals surface area contributed by atoms with E-state index in [0.29, 0.717) is 5.56 Å². The lowest BCUT2D eigenvalue weighted by molar-refractivity contribution is 0.0695. The Morgan fingerprint density at radius 3 is 2.02 bits per heavy atom. The van der Waals surface area contributed by atoms with E-state index in [-0.39, 0.29) is 39.6 Å². The van der Waals surface area contributed by atoms with Crippen molar-refractivity contribution in [3.05, 3.63) is 122 Å². The highest BCUT2D eigenvalue weighted by Gasteiger charge is 2.33. The van der Waals surface area contributed by atoms with Gasteiger partial charge in [-0.15, -0.1) is 11.8 Å². The van der Waals surface area contributed by atoms with Gasteiger partial charge < -0.3 is 5.11 Å². The number of aromatic carboxylic acids is 1. The fraction of sp³-hybridized carbons (Fsp3) is 0.351. The zero-order valence-electron chi connectivity index (χ0n) is 27.1. The summed E-state index contributed by atoms with van der Waals surface area (Å²) in [5.41, 5.74) is 2.94. The summed E-state index contributed by atoms with van der Waals surface area (Å²) in [6.45, 7) is 14.4. The first-order valence-corrected chi connectivity index (χ1v) is 17.5. The van der Waals surface area contributed by atoms with Crippen LogP contribution >= 0.6 is 22.2 Å². The van der Waals surface area contributed by atoms with Crippen molar-refractivity contribution >= 4 is 34.1 Å². The fourth-order valence-electron chi connectivity index (χ4n) is 5.43. The Labute approximate surface area is 271 Å². The maximum absolute atomic E-state index is 14.6. The Kier molecular flexibility index (Phi) is 12.1. The quantitative estimate of drug-likeness (QED) is 0.120. The van der Waals surface area contributed by atoms with Crippen LogP contribution in [-0.2, 0) is 11.2 Å². The molecule has 242 valence electrons. The number of hydrogen-bond donors (Lipinski definition) is 1. The van der Waals surface area contributed by atoms with E-state index in [1.165, 1.54) is 23.9 Å². The number of carboxylic acids is 1. The van der Waals surface area contributed by atoms with E-state index in [1.54, 1.807) is 6.07 Å². The van der Waals surface area contributed by atoms with Crippen molar-refractivity contribution in [2.75, 3.05) is 6.26 Å². The number of benzene rings is 3. The molecule has 0 heterocycles. The average molecular weight is 659 g/mol. The molecule has 3 rings (SSSR count). The molecule has 3 aromatic carbocycles. The van der Waals surface area contributed by atoms with Gasteiger partial charge in [0.2, 0.25) is 0 Å². The van der Waals surface area contributed by atoms with Gasteiger partial charge in [-0.3, -0.25) is 0 Å². The van der Waals surface area contributed by atoms with Gasteiger partial charge in [0.15, 0.2) is 11.6 Å². The second kappa shape index (κ2) is 15.0. The van der Waals surface area contributed by atoms with Crippen LogP contribution in [0.2, 0.25) is 0 Å². The number of hydrogen-bond acceptors (Lipinski definition) is 2. The van der Waals surface area contributed by atoms with E-state index in [1.807, 2.05) is 20.8 Å². The standard InChI is InChI=1S/C37H42F4O2S2/c1-21(22(2)25(5)44-20-30-33(39)18-27(36(42)43)19-34(30)40)16-31(24(4)23(3)26-10-15-32(38)35(41)17-26)37(6,7)28-11-13-29(14-12-28)45(8)9/h10-19,21,23-24H,8,20H2,1-7,9H3,(H,42,43). The van der Waals surface area contributed by atoms with Gasteiger partial charge >= 0.3 is 5.97 Å². The molecule has 4 atom stereocenters. The van der Waals surface area contributed by atoms with E-state index < -0.39 is 40.2 Å². The molecular formula is C37H42F4O2S2. The average Bonchev–Trinajstić information content (AvgIpc) is 2.99. The van der Waals surface area contributed by atoms with E-state index in [9.17, 15) is 22.4 Å². The summed E-state index contributed by atoms with van der Waals surface area (Å²) in [7, 11) is -0.125. The van der Waals surface area contributed by atoms with Crippen molar-refractivity contribution in [2.24, 2.45) is 11.8 Å². The van der Waals surface area contributed by atoms with Gasteiger partial charge in [0, 0.05) is 21.6 Å². The summed E-state index contributed by atoms with van der Waals surface area (Å²) in [4.78, 5) is 13.2. The van der Waals surface area contributed by atoms with E-state index in [4.69, 9.17) is 5.11 Å². The van der Waals surface area contributed by atoms with Crippen molar-refractivity contribution in [3.8, 4) is 0 Å². The minimum atomic E-state index is -1.39. The lowest BCUT2D eigenvalue weighted by Crippen LogP contribution is -2.28. The zero-order valence-corrected chi connectivity index (χ0v) is 28.7. The van der Waals surface area contributed by atoms with Crippen LogP contribution in [0.5, 0.6) is 0 Å². The van der Waals surface area contributed by atoms with E-state index in [2.05, 4.69) is 70.2 Å². The number of carbonyl (C=O) groups is 1. The SMILES string of the molecule is C=S(C)c1ccc(C(C)(C)C(=CC(C)C(C)=C(C)SCc2c(F)cc(C(=O)O)cc2F)C(C)C(C)c2ccc(F)c(F)c2)cc1. The molecule has 0 aliphatic rings. The van der Waals surface area contributed by atoms with Gasteiger partial charge in [-0.25, -0.2) is 22.4 Å². The molecule has 0 aliphatic heterocycles. The van der Waals surface area contributed by atoms with Gasteiger partial charge in [0.25, 0.3) is 0 Å². The molecule has 0 spiro atoms. The number of carboxylic acid groups (broad SMARTS) is 1. The van der Waals surface area contributed by atoms with Crippen molar-refractivity contribution < 1.29 is 27.5 Å². The first-order chi connectivity index (χ1) is 20.9. The second-order valence-corrected chi connectivity index (χ2v) is 15.1. The Morgan fingerprint density at radius 2 is 1.51 bits per heavy atom. The summed E-state index contributed by atoms with van der Waals surface area (Å²) in [5.74, 6) is -1.000. The Hall–Kier alpha value is -3.10. The number of thioether (sulfide) groups is 1. The van der Waals surface area contributed by atoms with Gasteiger partial charge in [-0.05, 0) is 90.3 Å². The molecule has 0 aromatic heterocycles. The van der Waals surface area contributed by atoms with Gasteiger partial charge in [-0.2, -0.15) is 10.5 Å². The van der Waals surface area contributed by atoms with Gasteiger partial charge in [0.05, 0.1) is 5.56 Å². The third-order valence-electron chi connectivity index (χ3n) is 8.90. The summed E-state index contributed by atoms with van der Waals surface area (Å²) >= 11 is 1.30. The molecule has 8 heteroatoms. The minimum absolute atomic E-state index is 0.0107. The molecule has 1 N–H and O–H groups in total. The molecule has 0 amide bonds. The highest BCUT2D eigenvalue weighted by atomic mass is 32.2. The van der Waals surface area contributed by atoms with Crippen LogP contribution in [0.15, 0.2) is 81.6 Å². The minimum Gasteiger partial charge on any atom is -0.478 e. The van der Waals surface area contributed by atoms with E-state index in [0.717, 1.165) is 38.6 Å². The van der Waals surface area contributed by atoms with Gasteiger partial charge in [-0.1, -0.05) is 75.9 Å². The highest BCUT2D eigenvalue weighted by molar-refractivity contribution is 8.13. The largest absolute Gasteiger partial charge is 0.478 e.